The highest BCUT2D eigenvalue weighted by Crippen LogP contribution is 2.35. The summed E-state index contributed by atoms with van der Waals surface area (Å²) < 4.78 is 9.90. The normalized spacial score (nSPS) is 17.8. The van der Waals surface area contributed by atoms with Crippen molar-refractivity contribution in [2.75, 3.05) is 20.2 Å². The van der Waals surface area contributed by atoms with Crippen molar-refractivity contribution in [3.8, 4) is 33.6 Å². The van der Waals surface area contributed by atoms with Crippen LogP contribution in [0.5, 0.6) is 0 Å². The SMILES string of the molecule is COC(=O)N[C@@H](C)C(=O)N1CCCC1c1ncc(-c2ccc(-c3ccc(-c4cnc([C@@H]5CCCN5C(=O)[C@H](Cc5ccccn5)OC(N)=O)[nH]4)cc3)cc2)[nH]1. The topological polar surface area (TPSA) is 202 Å². The number of methoxy groups -OCH3 is 1. The predicted molar refractivity (Wildman–Crippen MR) is 202 cm³/mol. The summed E-state index contributed by atoms with van der Waals surface area (Å²) in [5.41, 5.74) is 11.6. The molecule has 3 aromatic heterocycles. The Kier molecular flexibility index (Phi) is 10.9. The van der Waals surface area contributed by atoms with Crippen LogP contribution < -0.4 is 11.1 Å². The number of nitrogens with two attached hydrogens (primary N) is 1. The van der Waals surface area contributed by atoms with Crippen molar-refractivity contribution < 1.29 is 28.7 Å². The molecule has 0 bridgehead atoms. The maximum Gasteiger partial charge on any atom is 0.407 e. The minimum atomic E-state index is -1.09. The van der Waals surface area contributed by atoms with Gasteiger partial charge in [-0.3, -0.25) is 14.6 Å². The average Bonchev–Trinajstić information content (AvgIpc) is 4.04. The molecule has 4 amide bonds. The molecule has 2 aliphatic rings. The molecule has 7 rings (SSSR count). The van der Waals surface area contributed by atoms with Gasteiger partial charge in [-0.05, 0) is 67.0 Å². The number of nitrogens with zero attached hydrogens (tertiary/aromatic N) is 5. The second-order valence-electron chi connectivity index (χ2n) is 13.7. The van der Waals surface area contributed by atoms with Gasteiger partial charge in [0.25, 0.3) is 5.91 Å². The summed E-state index contributed by atoms with van der Waals surface area (Å²) >= 11 is 0. The Hall–Kier alpha value is -6.51. The fourth-order valence-corrected chi connectivity index (χ4v) is 7.38. The number of rotatable bonds is 11. The minimum absolute atomic E-state index is 0.121. The molecule has 2 aromatic carbocycles. The largest absolute Gasteiger partial charge is 0.453 e. The van der Waals surface area contributed by atoms with Crippen LogP contribution in [-0.4, -0.2) is 91.1 Å². The van der Waals surface area contributed by atoms with Crippen LogP contribution in [-0.2, 0) is 25.5 Å². The van der Waals surface area contributed by atoms with Gasteiger partial charge in [0.05, 0.1) is 43.0 Å². The van der Waals surface area contributed by atoms with Gasteiger partial charge >= 0.3 is 12.2 Å². The lowest BCUT2D eigenvalue weighted by Crippen LogP contribution is -2.46. The van der Waals surface area contributed by atoms with E-state index >= 15 is 0 Å². The Labute approximate surface area is 317 Å². The average molecular weight is 746 g/mol. The van der Waals surface area contributed by atoms with E-state index in [4.69, 9.17) is 10.5 Å². The maximum absolute atomic E-state index is 13.7. The number of primary amides is 1. The first-order chi connectivity index (χ1) is 26.7. The third kappa shape index (κ3) is 8.20. The van der Waals surface area contributed by atoms with Crippen molar-refractivity contribution in [2.24, 2.45) is 5.73 Å². The monoisotopic (exact) mass is 745 g/mol. The van der Waals surface area contributed by atoms with Gasteiger partial charge < -0.3 is 40.3 Å². The van der Waals surface area contributed by atoms with E-state index in [9.17, 15) is 19.2 Å². The van der Waals surface area contributed by atoms with E-state index in [1.54, 1.807) is 47.4 Å². The van der Waals surface area contributed by atoms with Crippen molar-refractivity contribution in [3.63, 3.8) is 0 Å². The highest BCUT2D eigenvalue weighted by molar-refractivity contribution is 5.86. The second kappa shape index (κ2) is 16.2. The van der Waals surface area contributed by atoms with Crippen molar-refractivity contribution in [3.05, 3.63) is 103 Å². The highest BCUT2D eigenvalue weighted by atomic mass is 16.6. The van der Waals surface area contributed by atoms with E-state index in [-0.39, 0.29) is 30.3 Å². The molecule has 2 fully saturated rings. The second-order valence-corrected chi connectivity index (χ2v) is 13.7. The van der Waals surface area contributed by atoms with Gasteiger partial charge in [0.1, 0.15) is 17.7 Å². The van der Waals surface area contributed by atoms with Crippen LogP contribution in [0.1, 0.15) is 62.0 Å². The lowest BCUT2D eigenvalue weighted by Gasteiger charge is -2.27. The summed E-state index contributed by atoms with van der Waals surface area (Å²) in [7, 11) is 1.27. The predicted octanol–water partition coefficient (Wildman–Crippen LogP) is 5.31. The maximum atomic E-state index is 13.7. The number of alkyl carbamates (subject to hydrolysis) is 1. The summed E-state index contributed by atoms with van der Waals surface area (Å²) in [5.74, 6) is 0.862. The standard InChI is InChI=1S/C40H43N9O6/c1-24(45-40(53)54-2)37(50)48-19-5-8-32(48)35-43-22-30(46-35)27-14-10-25(11-15-27)26-12-16-28(17-13-26)31-23-44-36(47-31)33-9-6-20-49(33)38(51)34(55-39(41)52)21-29-7-3-4-18-42-29/h3-4,7,10-18,22-24,32-34H,5-6,8-9,19-21H2,1-2H3,(H2,41,52)(H,43,46)(H,44,47)(H,45,53)/t24-,32?,33-,34-/m0/s1. The molecule has 2 aliphatic heterocycles. The molecule has 15 heteroatoms. The molecule has 1 unspecified atom stereocenters. The molecule has 0 saturated carbocycles. The van der Waals surface area contributed by atoms with Gasteiger partial charge in [0, 0.05) is 31.4 Å². The zero-order valence-corrected chi connectivity index (χ0v) is 30.6. The molecule has 5 N–H and O–H groups in total. The van der Waals surface area contributed by atoms with Crippen LogP contribution in [0.15, 0.2) is 85.3 Å². The molecule has 2 saturated heterocycles. The molecular formula is C40H43N9O6. The van der Waals surface area contributed by atoms with Crippen LogP contribution in [0.4, 0.5) is 9.59 Å². The number of pyridine rings is 1. The fraction of sp³-hybridized carbons (Fsp3) is 0.325. The number of nitrogens with one attached hydrogen (secondary N) is 3. The molecule has 55 heavy (non-hydrogen) atoms. The number of carbonyl (C=O) groups is 4. The van der Waals surface area contributed by atoms with Crippen LogP contribution >= 0.6 is 0 Å². The van der Waals surface area contributed by atoms with Gasteiger partial charge in [0.15, 0.2) is 6.10 Å². The van der Waals surface area contributed by atoms with Crippen molar-refractivity contribution in [1.82, 2.24) is 40.0 Å². The number of aromatic amines is 2. The molecule has 4 atom stereocenters. The van der Waals surface area contributed by atoms with Crippen molar-refractivity contribution in [1.29, 1.82) is 0 Å². The number of imidazole rings is 2. The molecule has 5 heterocycles. The van der Waals surface area contributed by atoms with Crippen LogP contribution in [0.2, 0.25) is 0 Å². The van der Waals surface area contributed by atoms with Crippen LogP contribution in [0, 0.1) is 0 Å². The van der Waals surface area contributed by atoms with E-state index in [1.807, 2.05) is 30.3 Å². The third-order valence-electron chi connectivity index (χ3n) is 10.2. The number of amides is 4. The summed E-state index contributed by atoms with van der Waals surface area (Å²) in [5, 5.41) is 2.55. The number of carbonyl (C=O) groups excluding carboxylic acids is 4. The molecular weight excluding hydrogens is 702 g/mol. The summed E-state index contributed by atoms with van der Waals surface area (Å²) in [6.07, 6.45) is 5.67. The molecule has 0 radical (unpaired) electrons. The van der Waals surface area contributed by atoms with Gasteiger partial charge in [-0.25, -0.2) is 19.6 Å². The summed E-state index contributed by atoms with van der Waals surface area (Å²) in [4.78, 5) is 73.9. The number of hydrogen-bond acceptors (Lipinski definition) is 9. The summed E-state index contributed by atoms with van der Waals surface area (Å²) in [6.45, 7) is 2.74. The Morgan fingerprint density at radius 1 is 0.782 bits per heavy atom. The molecule has 15 nitrogen and oxygen atoms in total. The Morgan fingerprint density at radius 3 is 1.80 bits per heavy atom. The first-order valence-electron chi connectivity index (χ1n) is 18.3. The lowest BCUT2D eigenvalue weighted by atomic mass is 10.0. The van der Waals surface area contributed by atoms with E-state index in [0.29, 0.717) is 36.9 Å². The first-order valence-corrected chi connectivity index (χ1v) is 18.3. The quantitative estimate of drug-likeness (QED) is 0.138. The van der Waals surface area contributed by atoms with Crippen molar-refractivity contribution >= 4 is 24.0 Å². The molecule has 5 aromatic rings. The van der Waals surface area contributed by atoms with E-state index in [2.05, 4.69) is 59.2 Å². The van der Waals surface area contributed by atoms with Gasteiger partial charge in [-0.2, -0.15) is 0 Å². The zero-order valence-electron chi connectivity index (χ0n) is 30.6. The number of H-pyrrole nitrogens is 2. The number of aromatic nitrogens is 5. The van der Waals surface area contributed by atoms with Crippen LogP contribution in [0.25, 0.3) is 33.6 Å². The zero-order chi connectivity index (χ0) is 38.5. The molecule has 0 spiro atoms. The Balaban J connectivity index is 0.994. The van der Waals surface area contributed by atoms with E-state index in [1.165, 1.54) is 7.11 Å². The molecule has 0 aliphatic carbocycles. The minimum Gasteiger partial charge on any atom is -0.453 e. The number of ether oxygens (including phenoxy) is 2. The van der Waals surface area contributed by atoms with Gasteiger partial charge in [-0.15, -0.1) is 0 Å². The van der Waals surface area contributed by atoms with Gasteiger partial charge in [0.2, 0.25) is 5.91 Å². The fourth-order valence-electron chi connectivity index (χ4n) is 7.38. The Morgan fingerprint density at radius 2 is 1.31 bits per heavy atom. The lowest BCUT2D eigenvalue weighted by molar-refractivity contribution is -0.141. The number of hydrogen-bond donors (Lipinski definition) is 4. The van der Waals surface area contributed by atoms with E-state index in [0.717, 1.165) is 52.9 Å². The number of likely N-dealkylation sites (tertiary alicyclic amines) is 2. The van der Waals surface area contributed by atoms with E-state index < -0.39 is 24.3 Å². The highest BCUT2D eigenvalue weighted by Gasteiger charge is 2.38. The summed E-state index contributed by atoms with van der Waals surface area (Å²) in [6, 6.07) is 20.5. The molecule has 284 valence electrons. The first kappa shape index (κ1) is 36.8. The van der Waals surface area contributed by atoms with Crippen LogP contribution in [0.3, 0.4) is 0 Å². The third-order valence-corrected chi connectivity index (χ3v) is 10.2. The smallest absolute Gasteiger partial charge is 0.407 e. The van der Waals surface area contributed by atoms with Crippen molar-refractivity contribution in [2.45, 2.75) is 63.3 Å². The Bertz CT molecular complexity index is 2130. The van der Waals surface area contributed by atoms with Gasteiger partial charge in [-0.1, -0.05) is 54.6 Å². The number of benzene rings is 2.